The number of nitro groups is 2. The van der Waals surface area contributed by atoms with E-state index in [1.807, 2.05) is 12.1 Å². The summed E-state index contributed by atoms with van der Waals surface area (Å²) in [6, 6.07) is 12.2. The van der Waals surface area contributed by atoms with Gasteiger partial charge in [0.1, 0.15) is 5.82 Å². The number of halogens is 1. The van der Waals surface area contributed by atoms with Crippen molar-refractivity contribution < 1.29 is 76.5 Å². The Morgan fingerprint density at radius 1 is 0.912 bits per heavy atom. The Morgan fingerprint density at radius 2 is 1.50 bits per heavy atom. The van der Waals surface area contributed by atoms with Crippen LogP contribution < -0.4 is 61.6 Å². The molecule has 10 nitrogen and oxygen atoms in total. The Morgan fingerprint density at radius 3 is 1.85 bits per heavy atom. The second-order valence-corrected chi connectivity index (χ2v) is 8.30. The van der Waals surface area contributed by atoms with E-state index in [1.165, 1.54) is 6.42 Å². The molecule has 0 saturated carbocycles. The number of nitro benzene ring substituents is 2. The third-order valence-corrected chi connectivity index (χ3v) is 6.04. The average Bonchev–Trinajstić information content (AvgIpc) is 3.63. The van der Waals surface area contributed by atoms with Crippen LogP contribution in [0.5, 0.6) is 0 Å². The van der Waals surface area contributed by atoms with Crippen molar-refractivity contribution in [2.24, 2.45) is 0 Å². The third kappa shape index (κ3) is 7.01. The molecule has 0 spiro atoms. The van der Waals surface area contributed by atoms with Gasteiger partial charge >= 0.3 is 51.4 Å². The number of non-ortho nitro benzene ring substituents is 2. The molecule has 0 unspecified atom stereocenters. The van der Waals surface area contributed by atoms with Crippen molar-refractivity contribution in [3.63, 3.8) is 0 Å². The number of rotatable bonds is 3. The summed E-state index contributed by atoms with van der Waals surface area (Å²) in [6.07, 6.45) is 3.24. The van der Waals surface area contributed by atoms with Crippen molar-refractivity contribution >= 4 is 17.1 Å². The Labute approximate surface area is 240 Å². The van der Waals surface area contributed by atoms with E-state index in [4.69, 9.17) is 9.47 Å². The Bertz CT molecular complexity index is 969. The van der Waals surface area contributed by atoms with Gasteiger partial charge in [-0.15, -0.1) is 0 Å². The molecule has 2 aromatic rings. The van der Waals surface area contributed by atoms with Gasteiger partial charge in [-0.05, 0) is 37.1 Å². The fourth-order valence-corrected chi connectivity index (χ4v) is 4.33. The maximum absolute atomic E-state index is 12.1. The van der Waals surface area contributed by atoms with Crippen LogP contribution in [0, 0.1) is 26.0 Å². The molecule has 4 atom stereocenters. The van der Waals surface area contributed by atoms with E-state index in [-0.39, 0.29) is 69.1 Å². The van der Waals surface area contributed by atoms with Crippen molar-refractivity contribution in [2.75, 3.05) is 31.2 Å². The second-order valence-electron chi connectivity index (χ2n) is 8.30. The fraction of sp³-hybridized carbons (Fsp3) is 0.455. The average molecular weight is 501 g/mol. The smallest absolute Gasteiger partial charge is 1.00 e. The number of nitrogens with one attached hydrogen (secondary N) is 1. The van der Waals surface area contributed by atoms with Gasteiger partial charge in [0, 0.05) is 49.1 Å². The number of anilines is 1. The Balaban J connectivity index is 0.000000196. The van der Waals surface area contributed by atoms with Crippen LogP contribution in [-0.4, -0.2) is 60.4 Å². The standard InChI is InChI=1S/C11H12N2O3.C6H4FNO2.C5H9NO.K.H/c14-13(15)9-3-1-8(2-4-9)12-6-11-5-10(12)7-16-11;7-5-1-3-6(4-2-5)8(9)10;1-4-3-7-5(1)2-6-4;;/h1-4,10-11H,5-7H2;1-4H;4-6H,1-3H2;;/q;;;+1;-1/t10-,11-;;4-,5-;;/m0.0../s1. The molecule has 1 N–H and O–H groups in total. The van der Waals surface area contributed by atoms with Crippen molar-refractivity contribution in [2.45, 2.75) is 37.1 Å². The van der Waals surface area contributed by atoms with Gasteiger partial charge in [0.05, 0.1) is 41.3 Å². The molecule has 4 aliphatic rings. The first-order valence-electron chi connectivity index (χ1n) is 10.8. The summed E-state index contributed by atoms with van der Waals surface area (Å²) in [5.41, 5.74) is 1.10. The first-order chi connectivity index (χ1) is 15.9. The zero-order valence-electron chi connectivity index (χ0n) is 19.8. The van der Waals surface area contributed by atoms with E-state index in [9.17, 15) is 24.6 Å². The van der Waals surface area contributed by atoms with Crippen LogP contribution in [0.1, 0.15) is 14.3 Å². The molecule has 0 aromatic heterocycles. The molecular weight excluding hydrogens is 474 g/mol. The quantitative estimate of drug-likeness (QED) is 0.360. The maximum Gasteiger partial charge on any atom is 1.00 e. The Kier molecular flexibility index (Phi) is 9.91. The molecule has 4 fully saturated rings. The van der Waals surface area contributed by atoms with Crippen LogP contribution >= 0.6 is 0 Å². The normalized spacial score (nSPS) is 25.5. The van der Waals surface area contributed by atoms with Crippen LogP contribution in [0.4, 0.5) is 21.5 Å². The topological polar surface area (TPSA) is 120 Å². The monoisotopic (exact) mass is 500 g/mol. The molecule has 178 valence electrons. The first kappa shape index (κ1) is 27.1. The molecule has 0 radical (unpaired) electrons. The van der Waals surface area contributed by atoms with E-state index in [0.717, 1.165) is 62.7 Å². The zero-order chi connectivity index (χ0) is 23.4. The molecular formula is C22H26FKN4O6. The van der Waals surface area contributed by atoms with Gasteiger partial charge in [-0.3, -0.25) is 20.2 Å². The van der Waals surface area contributed by atoms with E-state index in [0.29, 0.717) is 24.3 Å². The van der Waals surface area contributed by atoms with Crippen LogP contribution in [0.3, 0.4) is 0 Å². The number of fused-ring (bicyclic) bond motifs is 4. The number of ether oxygens (including phenoxy) is 2. The molecule has 0 aliphatic carbocycles. The van der Waals surface area contributed by atoms with Crippen molar-refractivity contribution in [1.29, 1.82) is 0 Å². The maximum atomic E-state index is 12.1. The summed E-state index contributed by atoms with van der Waals surface area (Å²) < 4.78 is 22.9. The molecule has 4 saturated heterocycles. The van der Waals surface area contributed by atoms with E-state index >= 15 is 0 Å². The summed E-state index contributed by atoms with van der Waals surface area (Å²) in [7, 11) is 0. The predicted molar refractivity (Wildman–Crippen MR) is 119 cm³/mol. The zero-order valence-corrected chi connectivity index (χ0v) is 22.0. The minimum absolute atomic E-state index is 0. The van der Waals surface area contributed by atoms with Crippen LogP contribution in [-0.2, 0) is 9.47 Å². The molecule has 4 bridgehead atoms. The van der Waals surface area contributed by atoms with Crippen LogP contribution in [0.2, 0.25) is 0 Å². The van der Waals surface area contributed by atoms with Crippen molar-refractivity contribution in [1.82, 2.24) is 5.32 Å². The number of hydrogen-bond donors (Lipinski definition) is 1. The molecule has 34 heavy (non-hydrogen) atoms. The number of nitrogens with zero attached hydrogens (tertiary/aromatic N) is 3. The molecule has 12 heteroatoms. The summed E-state index contributed by atoms with van der Waals surface area (Å²) in [5, 5.41) is 23.9. The predicted octanol–water partition coefficient (Wildman–Crippen LogP) is 0.170. The number of benzene rings is 2. The second kappa shape index (κ2) is 12.4. The summed E-state index contributed by atoms with van der Waals surface area (Å²) >= 11 is 0. The van der Waals surface area contributed by atoms with E-state index < -0.39 is 10.7 Å². The van der Waals surface area contributed by atoms with Gasteiger partial charge in [-0.2, -0.15) is 0 Å². The molecule has 6 rings (SSSR count). The van der Waals surface area contributed by atoms with E-state index in [2.05, 4.69) is 10.2 Å². The van der Waals surface area contributed by atoms with E-state index in [1.54, 1.807) is 12.1 Å². The van der Waals surface area contributed by atoms with Gasteiger partial charge in [0.25, 0.3) is 11.4 Å². The van der Waals surface area contributed by atoms with Gasteiger partial charge < -0.3 is 21.1 Å². The van der Waals surface area contributed by atoms with Gasteiger partial charge in [0.2, 0.25) is 0 Å². The molecule has 0 amide bonds. The summed E-state index contributed by atoms with van der Waals surface area (Å²) in [5.74, 6) is -0.467. The summed E-state index contributed by atoms with van der Waals surface area (Å²) in [6.45, 7) is 3.72. The summed E-state index contributed by atoms with van der Waals surface area (Å²) in [4.78, 5) is 21.9. The minimum Gasteiger partial charge on any atom is -1.00 e. The van der Waals surface area contributed by atoms with Gasteiger partial charge in [-0.1, -0.05) is 0 Å². The third-order valence-electron chi connectivity index (χ3n) is 6.04. The fourth-order valence-electron chi connectivity index (χ4n) is 4.33. The number of morpholine rings is 2. The number of hydrogen-bond acceptors (Lipinski definition) is 8. The molecule has 2 aromatic carbocycles. The van der Waals surface area contributed by atoms with Crippen molar-refractivity contribution in [3.8, 4) is 0 Å². The first-order valence-corrected chi connectivity index (χ1v) is 10.8. The van der Waals surface area contributed by atoms with Gasteiger partial charge in [0.15, 0.2) is 0 Å². The van der Waals surface area contributed by atoms with Crippen molar-refractivity contribution in [3.05, 3.63) is 74.6 Å². The van der Waals surface area contributed by atoms with Gasteiger partial charge in [-0.25, -0.2) is 4.39 Å². The SMILES string of the molecule is C1O[C@@H]2CN[C@H]1C2.O=[N+]([O-])c1ccc(F)cc1.O=[N+]([O-])c1ccc(N2C[C@@H]3C[C@H]2CO3)cc1.[H-].[K+]. The molecule has 4 aliphatic heterocycles. The molecule has 4 heterocycles. The largest absolute Gasteiger partial charge is 1.00 e. The minimum atomic E-state index is -0.570. The Hall–Kier alpha value is -1.51. The van der Waals surface area contributed by atoms with Crippen LogP contribution in [0.25, 0.3) is 0 Å². The van der Waals surface area contributed by atoms with Crippen LogP contribution in [0.15, 0.2) is 48.5 Å².